The molecule has 94 valence electrons. The summed E-state index contributed by atoms with van der Waals surface area (Å²) in [7, 11) is 1.91. The number of benzene rings is 1. The minimum Gasteiger partial charge on any atom is -0.373 e. The van der Waals surface area contributed by atoms with Gasteiger partial charge >= 0.3 is 0 Å². The van der Waals surface area contributed by atoms with E-state index in [0.717, 1.165) is 29.3 Å². The molecule has 0 aliphatic carbocycles. The standard InChI is InChI=1S/C15H19N3/c1-5-12-11(3)17-15(18-14(12)16-4)13-9-7-6-8-10(13)2/h6-9H,5H2,1-4H3,(H,16,17,18). The van der Waals surface area contributed by atoms with Crippen molar-refractivity contribution < 1.29 is 0 Å². The summed E-state index contributed by atoms with van der Waals surface area (Å²) in [6, 6.07) is 8.20. The smallest absolute Gasteiger partial charge is 0.162 e. The fourth-order valence-electron chi connectivity index (χ4n) is 2.17. The van der Waals surface area contributed by atoms with Crippen LogP contribution in [0.5, 0.6) is 0 Å². The van der Waals surface area contributed by atoms with Crippen molar-refractivity contribution in [2.24, 2.45) is 0 Å². The average Bonchev–Trinajstić information content (AvgIpc) is 2.38. The number of aryl methyl sites for hydroxylation is 2. The number of aromatic nitrogens is 2. The van der Waals surface area contributed by atoms with Gasteiger partial charge in [0.2, 0.25) is 0 Å². The van der Waals surface area contributed by atoms with E-state index in [1.165, 1.54) is 11.1 Å². The third kappa shape index (κ3) is 2.21. The van der Waals surface area contributed by atoms with E-state index >= 15 is 0 Å². The normalized spacial score (nSPS) is 10.4. The molecule has 1 N–H and O–H groups in total. The van der Waals surface area contributed by atoms with E-state index in [0.29, 0.717) is 0 Å². The SMILES string of the molecule is CCc1c(C)nc(-c2ccccc2C)nc1NC. The Morgan fingerprint density at radius 2 is 1.83 bits per heavy atom. The van der Waals surface area contributed by atoms with E-state index in [1.54, 1.807) is 0 Å². The first kappa shape index (κ1) is 12.6. The molecule has 0 radical (unpaired) electrons. The van der Waals surface area contributed by atoms with Crippen LogP contribution in [0.15, 0.2) is 24.3 Å². The third-order valence-electron chi connectivity index (χ3n) is 3.19. The molecule has 0 spiro atoms. The van der Waals surface area contributed by atoms with Gasteiger partial charge in [-0.2, -0.15) is 0 Å². The maximum absolute atomic E-state index is 4.63. The van der Waals surface area contributed by atoms with E-state index in [-0.39, 0.29) is 0 Å². The highest BCUT2D eigenvalue weighted by Crippen LogP contribution is 2.24. The van der Waals surface area contributed by atoms with Gasteiger partial charge in [0.05, 0.1) is 0 Å². The summed E-state index contributed by atoms with van der Waals surface area (Å²) in [5.74, 6) is 1.73. The van der Waals surface area contributed by atoms with Crippen molar-refractivity contribution >= 4 is 5.82 Å². The van der Waals surface area contributed by atoms with Crippen molar-refractivity contribution in [3.05, 3.63) is 41.1 Å². The topological polar surface area (TPSA) is 37.8 Å². The highest BCUT2D eigenvalue weighted by Gasteiger charge is 2.11. The number of hydrogen-bond acceptors (Lipinski definition) is 3. The van der Waals surface area contributed by atoms with Crippen molar-refractivity contribution in [3.8, 4) is 11.4 Å². The molecule has 1 heterocycles. The summed E-state index contributed by atoms with van der Waals surface area (Å²) in [5, 5.41) is 3.17. The molecule has 3 nitrogen and oxygen atoms in total. The summed E-state index contributed by atoms with van der Waals surface area (Å²) < 4.78 is 0. The minimum absolute atomic E-state index is 0.798. The van der Waals surface area contributed by atoms with E-state index in [2.05, 4.69) is 41.3 Å². The summed E-state index contributed by atoms with van der Waals surface area (Å²) >= 11 is 0. The lowest BCUT2D eigenvalue weighted by atomic mass is 10.1. The Labute approximate surface area is 108 Å². The molecule has 0 unspecified atom stereocenters. The lowest BCUT2D eigenvalue weighted by Gasteiger charge is -2.12. The van der Waals surface area contributed by atoms with E-state index in [1.807, 2.05) is 26.1 Å². The van der Waals surface area contributed by atoms with E-state index in [9.17, 15) is 0 Å². The zero-order valence-electron chi connectivity index (χ0n) is 11.4. The molecule has 0 fully saturated rings. The Morgan fingerprint density at radius 3 is 2.44 bits per heavy atom. The highest BCUT2D eigenvalue weighted by molar-refractivity contribution is 5.63. The van der Waals surface area contributed by atoms with E-state index < -0.39 is 0 Å². The van der Waals surface area contributed by atoms with Crippen LogP contribution in [-0.4, -0.2) is 17.0 Å². The lowest BCUT2D eigenvalue weighted by Crippen LogP contribution is -2.05. The van der Waals surface area contributed by atoms with Gasteiger partial charge in [-0.05, 0) is 25.8 Å². The third-order valence-corrected chi connectivity index (χ3v) is 3.19. The quantitative estimate of drug-likeness (QED) is 0.895. The second kappa shape index (κ2) is 5.17. The number of nitrogens with zero attached hydrogens (tertiary/aromatic N) is 2. The van der Waals surface area contributed by atoms with Crippen molar-refractivity contribution in [2.75, 3.05) is 12.4 Å². The Hall–Kier alpha value is -1.90. The van der Waals surface area contributed by atoms with Crippen LogP contribution < -0.4 is 5.32 Å². The van der Waals surface area contributed by atoms with Crippen molar-refractivity contribution in [3.63, 3.8) is 0 Å². The van der Waals surface area contributed by atoms with Gasteiger partial charge in [0.15, 0.2) is 5.82 Å². The van der Waals surface area contributed by atoms with Crippen LogP contribution in [0.3, 0.4) is 0 Å². The maximum Gasteiger partial charge on any atom is 0.162 e. The Balaban J connectivity index is 2.60. The molecule has 0 aliphatic heterocycles. The number of rotatable bonds is 3. The fourth-order valence-corrected chi connectivity index (χ4v) is 2.17. The highest BCUT2D eigenvalue weighted by atomic mass is 15.0. The van der Waals surface area contributed by atoms with Crippen molar-refractivity contribution in [1.82, 2.24) is 9.97 Å². The molecule has 1 aromatic carbocycles. The minimum atomic E-state index is 0.798. The maximum atomic E-state index is 4.63. The zero-order chi connectivity index (χ0) is 13.1. The predicted molar refractivity (Wildman–Crippen MR) is 75.9 cm³/mol. The van der Waals surface area contributed by atoms with Crippen molar-refractivity contribution in [2.45, 2.75) is 27.2 Å². The zero-order valence-corrected chi connectivity index (χ0v) is 11.4. The summed E-state index contributed by atoms with van der Waals surface area (Å²) in [5.41, 5.74) is 4.54. The molecule has 0 bridgehead atoms. The average molecular weight is 241 g/mol. The van der Waals surface area contributed by atoms with Crippen LogP contribution >= 0.6 is 0 Å². The molecule has 0 amide bonds. The van der Waals surface area contributed by atoms with E-state index in [4.69, 9.17) is 0 Å². The number of hydrogen-bond donors (Lipinski definition) is 1. The Morgan fingerprint density at radius 1 is 1.11 bits per heavy atom. The molecular weight excluding hydrogens is 222 g/mol. The largest absolute Gasteiger partial charge is 0.373 e. The Bertz CT molecular complexity index is 562. The van der Waals surface area contributed by atoms with Crippen molar-refractivity contribution in [1.29, 1.82) is 0 Å². The van der Waals surface area contributed by atoms with Gasteiger partial charge in [-0.25, -0.2) is 9.97 Å². The lowest BCUT2D eigenvalue weighted by molar-refractivity contribution is 1.00. The van der Waals surface area contributed by atoms with Crippen LogP contribution in [0.25, 0.3) is 11.4 Å². The second-order valence-electron chi connectivity index (χ2n) is 4.38. The molecule has 2 rings (SSSR count). The van der Waals surface area contributed by atoms with Gasteiger partial charge in [-0.15, -0.1) is 0 Å². The number of anilines is 1. The molecule has 0 saturated heterocycles. The molecule has 3 heteroatoms. The van der Waals surface area contributed by atoms with Gasteiger partial charge < -0.3 is 5.32 Å². The Kier molecular flexibility index (Phi) is 3.60. The van der Waals surface area contributed by atoms with Crippen LogP contribution in [0.2, 0.25) is 0 Å². The van der Waals surface area contributed by atoms with Gasteiger partial charge in [0.1, 0.15) is 5.82 Å². The molecule has 0 atom stereocenters. The van der Waals surface area contributed by atoms with Crippen LogP contribution in [0, 0.1) is 13.8 Å². The first-order chi connectivity index (χ1) is 8.67. The molecule has 18 heavy (non-hydrogen) atoms. The molecule has 2 aromatic rings. The fraction of sp³-hybridized carbons (Fsp3) is 0.333. The first-order valence-electron chi connectivity index (χ1n) is 6.28. The monoisotopic (exact) mass is 241 g/mol. The summed E-state index contributed by atoms with van der Waals surface area (Å²) in [6.07, 6.45) is 0.941. The summed E-state index contributed by atoms with van der Waals surface area (Å²) in [4.78, 5) is 9.26. The summed E-state index contributed by atoms with van der Waals surface area (Å²) in [6.45, 7) is 6.25. The van der Waals surface area contributed by atoms with Gasteiger partial charge in [-0.3, -0.25) is 0 Å². The van der Waals surface area contributed by atoms with Gasteiger partial charge in [0, 0.05) is 23.9 Å². The van der Waals surface area contributed by atoms with Crippen LogP contribution in [-0.2, 0) is 6.42 Å². The number of nitrogens with one attached hydrogen (secondary N) is 1. The van der Waals surface area contributed by atoms with Crippen LogP contribution in [0.4, 0.5) is 5.82 Å². The second-order valence-corrected chi connectivity index (χ2v) is 4.38. The molecule has 0 saturated carbocycles. The van der Waals surface area contributed by atoms with Crippen LogP contribution in [0.1, 0.15) is 23.7 Å². The first-order valence-corrected chi connectivity index (χ1v) is 6.28. The van der Waals surface area contributed by atoms with Gasteiger partial charge in [0.25, 0.3) is 0 Å². The molecule has 0 aliphatic rings. The molecule has 1 aromatic heterocycles. The molecular formula is C15H19N3. The van der Waals surface area contributed by atoms with Gasteiger partial charge in [-0.1, -0.05) is 31.2 Å². The predicted octanol–water partition coefficient (Wildman–Crippen LogP) is 3.36.